The molecule has 0 aliphatic carbocycles. The van der Waals surface area contributed by atoms with Crippen LogP contribution in [0.5, 0.6) is 0 Å². The molecule has 0 spiro atoms. The van der Waals surface area contributed by atoms with Crippen molar-refractivity contribution in [3.8, 4) is 0 Å². The summed E-state index contributed by atoms with van der Waals surface area (Å²) in [6, 6.07) is 6.88. The van der Waals surface area contributed by atoms with Crippen molar-refractivity contribution in [1.29, 1.82) is 0 Å². The van der Waals surface area contributed by atoms with Gasteiger partial charge in [-0.15, -0.1) is 0 Å². The van der Waals surface area contributed by atoms with Crippen molar-refractivity contribution in [2.45, 2.75) is 32.5 Å². The minimum Gasteiger partial charge on any atom is -0.389 e. The maximum atomic E-state index is 11.0. The first-order valence-corrected chi connectivity index (χ1v) is 6.96. The number of rotatable bonds is 6. The molecule has 5 heteroatoms. The average molecular weight is 282 g/mol. The third-order valence-corrected chi connectivity index (χ3v) is 3.51. The second-order valence-electron chi connectivity index (χ2n) is 4.44. The molecular weight excluding hydrogens is 264 g/mol. The summed E-state index contributed by atoms with van der Waals surface area (Å²) in [5.41, 5.74) is 1.44. The molecule has 2 N–H and O–H groups in total. The number of aliphatic hydroxyl groups is 2. The highest BCUT2D eigenvalue weighted by molar-refractivity contribution is 8.13. The quantitative estimate of drug-likeness (QED) is 0.827. The second kappa shape index (κ2) is 7.43. The largest absolute Gasteiger partial charge is 0.389 e. The van der Waals surface area contributed by atoms with Crippen molar-refractivity contribution < 1.29 is 19.8 Å². The number of carbonyl (C=O) groups is 2. The Morgan fingerprint density at radius 2 is 1.74 bits per heavy atom. The van der Waals surface area contributed by atoms with E-state index in [0.29, 0.717) is 12.0 Å². The van der Waals surface area contributed by atoms with Crippen molar-refractivity contribution in [1.82, 2.24) is 0 Å². The number of carbonyl (C=O) groups excluding carboxylic acids is 2. The molecule has 0 aromatic heterocycles. The van der Waals surface area contributed by atoms with Gasteiger partial charge in [-0.1, -0.05) is 36.0 Å². The molecule has 2 atom stereocenters. The van der Waals surface area contributed by atoms with E-state index in [1.165, 1.54) is 13.8 Å². The Hall–Kier alpha value is -1.17. The van der Waals surface area contributed by atoms with E-state index >= 15 is 0 Å². The average Bonchev–Trinajstić information content (AvgIpc) is 2.35. The fourth-order valence-electron chi connectivity index (χ4n) is 1.64. The van der Waals surface area contributed by atoms with Gasteiger partial charge in [0.25, 0.3) is 0 Å². The molecule has 1 aromatic rings. The van der Waals surface area contributed by atoms with Crippen LogP contribution in [-0.4, -0.2) is 33.0 Å². The van der Waals surface area contributed by atoms with Gasteiger partial charge in [0.15, 0.2) is 5.12 Å². The molecule has 19 heavy (non-hydrogen) atoms. The number of benzene rings is 1. The van der Waals surface area contributed by atoms with Crippen LogP contribution in [-0.2, 0) is 16.0 Å². The molecule has 0 aliphatic heterocycles. The van der Waals surface area contributed by atoms with Crippen LogP contribution in [0.1, 0.15) is 31.1 Å². The lowest BCUT2D eigenvalue weighted by Crippen LogP contribution is -2.21. The molecule has 1 rings (SSSR count). The van der Waals surface area contributed by atoms with Crippen LogP contribution in [0.25, 0.3) is 0 Å². The lowest BCUT2D eigenvalue weighted by molar-refractivity contribution is -0.116. The van der Waals surface area contributed by atoms with Crippen molar-refractivity contribution in [2.75, 3.05) is 5.75 Å². The van der Waals surface area contributed by atoms with E-state index < -0.39 is 12.2 Å². The summed E-state index contributed by atoms with van der Waals surface area (Å²) in [6.45, 7) is 2.94. The molecule has 104 valence electrons. The first kappa shape index (κ1) is 15.9. The molecular formula is C14H18O4S. The summed E-state index contributed by atoms with van der Waals surface area (Å²) in [6.07, 6.45) is -1.66. The van der Waals surface area contributed by atoms with E-state index in [1.54, 1.807) is 24.3 Å². The maximum Gasteiger partial charge on any atom is 0.185 e. The lowest BCUT2D eigenvalue weighted by atomic mass is 10.0. The van der Waals surface area contributed by atoms with Gasteiger partial charge in [-0.3, -0.25) is 9.59 Å². The predicted molar refractivity (Wildman–Crippen MR) is 74.9 cm³/mol. The summed E-state index contributed by atoms with van der Waals surface area (Å²) >= 11 is 0.980. The summed E-state index contributed by atoms with van der Waals surface area (Å²) in [5, 5.41) is 19.6. The maximum absolute atomic E-state index is 11.0. The fraction of sp³-hybridized carbons (Fsp3) is 0.429. The van der Waals surface area contributed by atoms with Crippen LogP contribution >= 0.6 is 11.8 Å². The second-order valence-corrected chi connectivity index (χ2v) is 5.63. The smallest absolute Gasteiger partial charge is 0.185 e. The molecule has 2 unspecified atom stereocenters. The number of hydrogen-bond acceptors (Lipinski definition) is 5. The Morgan fingerprint density at radius 3 is 2.21 bits per heavy atom. The normalized spacial score (nSPS) is 13.9. The number of aliphatic hydroxyl groups excluding tert-OH is 2. The number of Topliss-reactive ketones (excluding diaryl/α,β-unsaturated/α-hetero) is 1. The highest BCUT2D eigenvalue weighted by atomic mass is 32.2. The summed E-state index contributed by atoms with van der Waals surface area (Å²) < 4.78 is 0. The zero-order valence-electron chi connectivity index (χ0n) is 11.0. The Bertz CT molecular complexity index is 441. The standard InChI is InChI=1S/C14H18O4S/c1-9(15)7-11-3-5-12(6-4-11)14(18)13(17)8-19-10(2)16/h3-6,13-14,17-18H,7-8H2,1-2H3. The SMILES string of the molecule is CC(=O)Cc1ccc(C(O)C(O)CSC(C)=O)cc1. The van der Waals surface area contributed by atoms with Crippen LogP contribution in [0.15, 0.2) is 24.3 Å². The molecule has 0 saturated heterocycles. The van der Waals surface area contributed by atoms with Crippen molar-refractivity contribution in [2.24, 2.45) is 0 Å². The van der Waals surface area contributed by atoms with E-state index in [1.807, 2.05) is 0 Å². The van der Waals surface area contributed by atoms with Gasteiger partial charge >= 0.3 is 0 Å². The molecule has 0 radical (unpaired) electrons. The van der Waals surface area contributed by atoms with Gasteiger partial charge in [-0.25, -0.2) is 0 Å². The van der Waals surface area contributed by atoms with Crippen LogP contribution in [0.3, 0.4) is 0 Å². The van der Waals surface area contributed by atoms with E-state index in [9.17, 15) is 19.8 Å². The van der Waals surface area contributed by atoms with Crippen LogP contribution < -0.4 is 0 Å². The molecule has 1 aromatic carbocycles. The van der Waals surface area contributed by atoms with Crippen molar-refractivity contribution in [3.05, 3.63) is 35.4 Å². The monoisotopic (exact) mass is 282 g/mol. The van der Waals surface area contributed by atoms with Gasteiger partial charge in [-0.2, -0.15) is 0 Å². The highest BCUT2D eigenvalue weighted by Gasteiger charge is 2.19. The minimum atomic E-state index is -1.03. The van der Waals surface area contributed by atoms with Crippen molar-refractivity contribution >= 4 is 22.7 Å². The van der Waals surface area contributed by atoms with E-state index in [0.717, 1.165) is 17.3 Å². The first-order chi connectivity index (χ1) is 8.90. The number of thioether (sulfide) groups is 1. The third kappa shape index (κ3) is 5.55. The van der Waals surface area contributed by atoms with Gasteiger partial charge in [0.2, 0.25) is 0 Å². The molecule has 0 fully saturated rings. The predicted octanol–water partition coefficient (Wildman–Crippen LogP) is 1.49. The third-order valence-electron chi connectivity index (χ3n) is 2.60. The summed E-state index contributed by atoms with van der Waals surface area (Å²) in [5.74, 6) is 0.234. The minimum absolute atomic E-state index is 0.0752. The molecule has 0 heterocycles. The molecule has 0 amide bonds. The van der Waals surface area contributed by atoms with Gasteiger partial charge in [0.1, 0.15) is 11.9 Å². The lowest BCUT2D eigenvalue weighted by Gasteiger charge is -2.17. The van der Waals surface area contributed by atoms with Crippen LogP contribution in [0.2, 0.25) is 0 Å². The van der Waals surface area contributed by atoms with Gasteiger partial charge in [0.05, 0.1) is 6.10 Å². The zero-order valence-corrected chi connectivity index (χ0v) is 11.8. The number of hydrogen-bond donors (Lipinski definition) is 2. The van der Waals surface area contributed by atoms with Gasteiger partial charge in [0, 0.05) is 19.1 Å². The fourth-order valence-corrected chi connectivity index (χ4v) is 2.22. The summed E-state index contributed by atoms with van der Waals surface area (Å²) in [4.78, 5) is 21.8. The Morgan fingerprint density at radius 1 is 1.16 bits per heavy atom. The first-order valence-electron chi connectivity index (χ1n) is 5.98. The van der Waals surface area contributed by atoms with Crippen molar-refractivity contribution in [3.63, 3.8) is 0 Å². The Kier molecular flexibility index (Phi) is 6.21. The molecule has 4 nitrogen and oxygen atoms in total. The van der Waals surface area contributed by atoms with E-state index in [2.05, 4.69) is 0 Å². The zero-order chi connectivity index (χ0) is 14.4. The van der Waals surface area contributed by atoms with Crippen LogP contribution in [0.4, 0.5) is 0 Å². The van der Waals surface area contributed by atoms with E-state index in [-0.39, 0.29) is 16.7 Å². The van der Waals surface area contributed by atoms with Gasteiger partial charge < -0.3 is 10.2 Å². The molecule has 0 bridgehead atoms. The molecule has 0 saturated carbocycles. The van der Waals surface area contributed by atoms with Crippen LogP contribution in [0, 0.1) is 0 Å². The van der Waals surface area contributed by atoms with E-state index in [4.69, 9.17) is 0 Å². The van der Waals surface area contributed by atoms with Gasteiger partial charge in [-0.05, 0) is 18.1 Å². The Labute approximate surface area is 116 Å². The summed E-state index contributed by atoms with van der Waals surface area (Å²) in [7, 11) is 0. The molecule has 0 aliphatic rings. The highest BCUT2D eigenvalue weighted by Crippen LogP contribution is 2.20. The Balaban J connectivity index is 2.63. The topological polar surface area (TPSA) is 74.6 Å². The number of ketones is 1.